The first-order valence-corrected chi connectivity index (χ1v) is 5.13. The Morgan fingerprint density at radius 3 is 3.14 bits per heavy atom. The van der Waals surface area contributed by atoms with Crippen molar-refractivity contribution >= 4 is 24.6 Å². The fourth-order valence-electron chi connectivity index (χ4n) is 1.52. The second kappa shape index (κ2) is 3.88. The summed E-state index contributed by atoms with van der Waals surface area (Å²) in [6.45, 7) is 0.657. The van der Waals surface area contributed by atoms with Gasteiger partial charge in [0.05, 0.1) is 0 Å². The van der Waals surface area contributed by atoms with E-state index in [1.807, 2.05) is 30.4 Å². The summed E-state index contributed by atoms with van der Waals surface area (Å²) < 4.78 is 0. The summed E-state index contributed by atoms with van der Waals surface area (Å²) in [5, 5.41) is 2.79. The van der Waals surface area contributed by atoms with Crippen LogP contribution >= 0.6 is 12.6 Å². The van der Waals surface area contributed by atoms with Gasteiger partial charge in [0.1, 0.15) is 0 Å². The minimum Gasteiger partial charge on any atom is -0.348 e. The lowest BCUT2D eigenvalue weighted by atomic mass is 10.1. The molecule has 2 nitrogen and oxygen atoms in total. The fourth-order valence-corrected chi connectivity index (χ4v) is 1.63. The summed E-state index contributed by atoms with van der Waals surface area (Å²) in [6, 6.07) is 5.92. The normalized spacial score (nSPS) is 14.5. The van der Waals surface area contributed by atoms with Gasteiger partial charge in [0.2, 0.25) is 0 Å². The Balaban J connectivity index is 2.35. The fraction of sp³-hybridized carbons (Fsp3) is 0.182. The van der Waals surface area contributed by atoms with Crippen LogP contribution in [0.15, 0.2) is 24.3 Å². The van der Waals surface area contributed by atoms with Crippen molar-refractivity contribution in [2.45, 2.75) is 6.54 Å². The molecule has 0 unspecified atom stereocenters. The molecule has 1 aromatic carbocycles. The third-order valence-electron chi connectivity index (χ3n) is 2.23. The van der Waals surface area contributed by atoms with Gasteiger partial charge < -0.3 is 5.32 Å². The summed E-state index contributed by atoms with van der Waals surface area (Å²) in [4.78, 5) is 11.3. The number of carbonyl (C=O) groups is 1. The van der Waals surface area contributed by atoms with Crippen LogP contribution in [-0.4, -0.2) is 11.7 Å². The number of nitrogens with one attached hydrogen (secondary N) is 1. The topological polar surface area (TPSA) is 29.1 Å². The molecule has 1 aliphatic rings. The first-order chi connectivity index (χ1) is 6.81. The Hall–Kier alpha value is -1.22. The molecule has 72 valence electrons. The van der Waals surface area contributed by atoms with Gasteiger partial charge in [-0.25, -0.2) is 0 Å². The van der Waals surface area contributed by atoms with Crippen LogP contribution in [0.1, 0.15) is 21.5 Å². The Kier molecular flexibility index (Phi) is 2.59. The van der Waals surface area contributed by atoms with Crippen LogP contribution in [0.2, 0.25) is 0 Å². The van der Waals surface area contributed by atoms with E-state index in [4.69, 9.17) is 0 Å². The first kappa shape index (κ1) is 9.34. The van der Waals surface area contributed by atoms with Crippen molar-refractivity contribution in [1.82, 2.24) is 5.32 Å². The van der Waals surface area contributed by atoms with E-state index in [2.05, 4.69) is 17.9 Å². The average Bonchev–Trinajstić information content (AvgIpc) is 2.57. The molecule has 0 radical (unpaired) electrons. The number of fused-ring (bicyclic) bond motifs is 1. The van der Waals surface area contributed by atoms with Gasteiger partial charge in [-0.3, -0.25) is 4.79 Å². The maximum Gasteiger partial charge on any atom is 0.251 e. The van der Waals surface area contributed by atoms with Crippen molar-refractivity contribution in [2.75, 3.05) is 5.75 Å². The second-order valence-corrected chi connectivity index (χ2v) is 3.55. The standard InChI is InChI=1S/C11H11NOS/c13-11-10-6-8(2-1-5-14)3-4-9(10)7-12-11/h1-4,6,14H,5,7H2,(H,12,13). The van der Waals surface area contributed by atoms with Crippen LogP contribution < -0.4 is 5.32 Å². The van der Waals surface area contributed by atoms with Crippen molar-refractivity contribution in [3.05, 3.63) is 41.0 Å². The zero-order valence-electron chi connectivity index (χ0n) is 7.66. The third-order valence-corrected chi connectivity index (χ3v) is 2.44. The summed E-state index contributed by atoms with van der Waals surface area (Å²) in [6.07, 6.45) is 3.93. The molecule has 1 amide bonds. The average molecular weight is 205 g/mol. The van der Waals surface area contributed by atoms with E-state index in [1.165, 1.54) is 0 Å². The van der Waals surface area contributed by atoms with Crippen molar-refractivity contribution in [3.63, 3.8) is 0 Å². The highest BCUT2D eigenvalue weighted by Crippen LogP contribution is 2.17. The van der Waals surface area contributed by atoms with Crippen LogP contribution in [-0.2, 0) is 6.54 Å². The number of hydrogen-bond donors (Lipinski definition) is 2. The highest BCUT2D eigenvalue weighted by atomic mass is 32.1. The molecule has 1 aromatic rings. The molecule has 2 rings (SSSR count). The Labute approximate surface area is 88.4 Å². The largest absolute Gasteiger partial charge is 0.348 e. The lowest BCUT2D eigenvalue weighted by molar-refractivity contribution is 0.0966. The van der Waals surface area contributed by atoms with E-state index in [0.29, 0.717) is 12.3 Å². The predicted molar refractivity (Wildman–Crippen MR) is 60.5 cm³/mol. The summed E-state index contributed by atoms with van der Waals surface area (Å²) in [5.74, 6) is 0.740. The highest BCUT2D eigenvalue weighted by Gasteiger charge is 2.17. The molecular formula is C11H11NOS. The summed E-state index contributed by atoms with van der Waals surface area (Å²) in [7, 11) is 0. The zero-order chi connectivity index (χ0) is 9.97. The van der Waals surface area contributed by atoms with Crippen molar-refractivity contribution < 1.29 is 4.79 Å². The quantitative estimate of drug-likeness (QED) is 0.709. The molecule has 0 saturated heterocycles. The molecule has 1 heterocycles. The number of thiol groups is 1. The molecule has 3 heteroatoms. The lowest BCUT2D eigenvalue weighted by Gasteiger charge is -1.97. The van der Waals surface area contributed by atoms with Gasteiger partial charge in [0, 0.05) is 17.9 Å². The Morgan fingerprint density at radius 1 is 1.50 bits per heavy atom. The number of rotatable bonds is 2. The molecule has 0 bridgehead atoms. The van der Waals surface area contributed by atoms with E-state index in [-0.39, 0.29) is 5.91 Å². The molecule has 1 aliphatic heterocycles. The Bertz CT molecular complexity index is 398. The maximum atomic E-state index is 11.3. The number of carbonyl (C=O) groups excluding carboxylic acids is 1. The number of benzene rings is 1. The van der Waals surface area contributed by atoms with Gasteiger partial charge in [-0.05, 0) is 17.2 Å². The van der Waals surface area contributed by atoms with Crippen LogP contribution in [0.5, 0.6) is 0 Å². The predicted octanol–water partition coefficient (Wildman–Crippen LogP) is 1.87. The van der Waals surface area contributed by atoms with Crippen molar-refractivity contribution in [2.24, 2.45) is 0 Å². The maximum absolute atomic E-state index is 11.3. The van der Waals surface area contributed by atoms with Gasteiger partial charge in [0.25, 0.3) is 5.91 Å². The second-order valence-electron chi connectivity index (χ2n) is 3.18. The van der Waals surface area contributed by atoms with Gasteiger partial charge in [-0.2, -0.15) is 12.6 Å². The molecule has 0 atom stereocenters. The van der Waals surface area contributed by atoms with E-state index in [1.54, 1.807) is 0 Å². The van der Waals surface area contributed by atoms with Gasteiger partial charge in [0.15, 0.2) is 0 Å². The Morgan fingerprint density at radius 2 is 2.36 bits per heavy atom. The molecule has 0 aromatic heterocycles. The first-order valence-electron chi connectivity index (χ1n) is 4.50. The molecule has 0 aliphatic carbocycles. The SMILES string of the molecule is O=C1NCc2ccc(C=CCS)cc21. The summed E-state index contributed by atoms with van der Waals surface area (Å²) in [5.41, 5.74) is 2.93. The van der Waals surface area contributed by atoms with E-state index < -0.39 is 0 Å². The number of hydrogen-bond acceptors (Lipinski definition) is 2. The smallest absolute Gasteiger partial charge is 0.251 e. The third kappa shape index (κ3) is 1.68. The van der Waals surface area contributed by atoms with Crippen molar-refractivity contribution in [3.8, 4) is 0 Å². The van der Waals surface area contributed by atoms with Crippen LogP contribution in [0.25, 0.3) is 6.08 Å². The molecule has 0 spiro atoms. The monoisotopic (exact) mass is 205 g/mol. The van der Waals surface area contributed by atoms with Gasteiger partial charge in [-0.15, -0.1) is 0 Å². The molecule has 0 fully saturated rings. The van der Waals surface area contributed by atoms with E-state index >= 15 is 0 Å². The van der Waals surface area contributed by atoms with Crippen LogP contribution in [0.4, 0.5) is 0 Å². The molecule has 1 N–H and O–H groups in total. The van der Waals surface area contributed by atoms with E-state index in [9.17, 15) is 4.79 Å². The minimum absolute atomic E-state index is 0.0288. The van der Waals surface area contributed by atoms with Gasteiger partial charge in [-0.1, -0.05) is 24.3 Å². The van der Waals surface area contributed by atoms with E-state index in [0.717, 1.165) is 16.7 Å². The highest BCUT2D eigenvalue weighted by molar-refractivity contribution is 7.80. The minimum atomic E-state index is 0.0288. The number of amides is 1. The van der Waals surface area contributed by atoms with Crippen LogP contribution in [0, 0.1) is 0 Å². The van der Waals surface area contributed by atoms with Crippen LogP contribution in [0.3, 0.4) is 0 Å². The van der Waals surface area contributed by atoms with Crippen molar-refractivity contribution in [1.29, 1.82) is 0 Å². The molecule has 0 saturated carbocycles. The van der Waals surface area contributed by atoms with Gasteiger partial charge >= 0.3 is 0 Å². The molecule has 14 heavy (non-hydrogen) atoms. The lowest BCUT2D eigenvalue weighted by Crippen LogP contribution is -2.12. The summed E-state index contributed by atoms with van der Waals surface area (Å²) >= 11 is 4.08. The zero-order valence-corrected chi connectivity index (χ0v) is 8.55. The molecular weight excluding hydrogens is 194 g/mol.